The maximum absolute atomic E-state index is 3.61. The van der Waals surface area contributed by atoms with Crippen molar-refractivity contribution in [2.45, 2.75) is 32.2 Å². The number of nitrogens with one attached hydrogen (secondary N) is 2. The van der Waals surface area contributed by atoms with Crippen LogP contribution in [0.25, 0.3) is 10.9 Å². The molecule has 1 saturated carbocycles. The van der Waals surface area contributed by atoms with E-state index in [1.807, 2.05) is 0 Å². The molecule has 0 unspecified atom stereocenters. The summed E-state index contributed by atoms with van der Waals surface area (Å²) >= 11 is 0. The lowest BCUT2D eigenvalue weighted by atomic mass is 9.75. The van der Waals surface area contributed by atoms with Gasteiger partial charge in [-0.3, -0.25) is 4.90 Å². The Morgan fingerprint density at radius 2 is 1.78 bits per heavy atom. The van der Waals surface area contributed by atoms with Gasteiger partial charge in [0.15, 0.2) is 0 Å². The van der Waals surface area contributed by atoms with E-state index in [9.17, 15) is 0 Å². The van der Waals surface area contributed by atoms with E-state index in [-0.39, 0.29) is 24.8 Å². The van der Waals surface area contributed by atoms with Crippen LogP contribution in [0.15, 0.2) is 24.3 Å². The van der Waals surface area contributed by atoms with Crippen molar-refractivity contribution in [1.29, 1.82) is 0 Å². The number of aryl methyl sites for hydroxylation is 1. The summed E-state index contributed by atoms with van der Waals surface area (Å²) in [6.45, 7) is 6.87. The molecule has 1 aromatic heterocycles. The summed E-state index contributed by atoms with van der Waals surface area (Å²) in [5.74, 6) is 0.848. The van der Waals surface area contributed by atoms with Gasteiger partial charge in [0.2, 0.25) is 0 Å². The summed E-state index contributed by atoms with van der Waals surface area (Å²) in [4.78, 5) is 6.33. The highest BCUT2D eigenvalue weighted by Crippen LogP contribution is 2.44. The van der Waals surface area contributed by atoms with Gasteiger partial charge in [0.05, 0.1) is 0 Å². The second-order valence-electron chi connectivity index (χ2n) is 6.63. The van der Waals surface area contributed by atoms with Crippen LogP contribution in [0, 0.1) is 12.8 Å². The number of aromatic amines is 1. The lowest BCUT2D eigenvalue weighted by Crippen LogP contribution is -2.48. The Morgan fingerprint density at radius 3 is 2.43 bits per heavy atom. The summed E-state index contributed by atoms with van der Waals surface area (Å²) < 4.78 is 0. The number of H-pyrrole nitrogens is 1. The fourth-order valence-corrected chi connectivity index (χ4v) is 4.11. The minimum atomic E-state index is 0. The van der Waals surface area contributed by atoms with Crippen LogP contribution in [0.2, 0.25) is 0 Å². The number of hydrogen-bond donors (Lipinski definition) is 2. The zero-order chi connectivity index (χ0) is 14.2. The average molecular weight is 356 g/mol. The molecule has 0 amide bonds. The molecule has 23 heavy (non-hydrogen) atoms. The molecule has 1 aromatic carbocycles. The van der Waals surface area contributed by atoms with Crippen molar-refractivity contribution in [3.05, 3.63) is 35.5 Å². The van der Waals surface area contributed by atoms with Gasteiger partial charge in [0, 0.05) is 48.8 Å². The Bertz CT molecular complexity index is 630. The first kappa shape index (κ1) is 18.6. The molecule has 0 radical (unpaired) electrons. The summed E-state index contributed by atoms with van der Waals surface area (Å²) in [5, 5.41) is 4.93. The Labute approximate surface area is 151 Å². The minimum Gasteiger partial charge on any atom is -0.358 e. The lowest BCUT2D eigenvalue weighted by molar-refractivity contribution is 0.0842. The minimum absolute atomic E-state index is 0. The molecule has 1 aliphatic heterocycles. The fraction of sp³-hybridized carbons (Fsp3) is 0.556. The number of rotatable bonds is 3. The summed E-state index contributed by atoms with van der Waals surface area (Å²) in [6.07, 6.45) is 4.20. The fourth-order valence-electron chi connectivity index (χ4n) is 4.11. The van der Waals surface area contributed by atoms with Crippen molar-refractivity contribution in [3.8, 4) is 0 Å². The molecule has 1 aliphatic carbocycles. The third-order valence-electron chi connectivity index (χ3n) is 5.38. The number of hydrogen-bond acceptors (Lipinski definition) is 2. The van der Waals surface area contributed by atoms with Gasteiger partial charge in [-0.05, 0) is 37.3 Å². The second-order valence-corrected chi connectivity index (χ2v) is 6.63. The number of benzene rings is 1. The van der Waals surface area contributed by atoms with Crippen molar-refractivity contribution < 1.29 is 0 Å². The Balaban J connectivity index is 0.000000960. The number of halogens is 2. The van der Waals surface area contributed by atoms with Crippen LogP contribution in [0.1, 0.15) is 36.6 Å². The van der Waals surface area contributed by atoms with E-state index >= 15 is 0 Å². The van der Waals surface area contributed by atoms with Crippen molar-refractivity contribution in [2.75, 3.05) is 26.2 Å². The predicted molar refractivity (Wildman–Crippen MR) is 102 cm³/mol. The molecule has 0 spiro atoms. The quantitative estimate of drug-likeness (QED) is 0.869. The summed E-state index contributed by atoms with van der Waals surface area (Å²) in [7, 11) is 0. The van der Waals surface area contributed by atoms with Crippen LogP contribution in [0.5, 0.6) is 0 Å². The van der Waals surface area contributed by atoms with Crippen LogP contribution in [0.3, 0.4) is 0 Å². The zero-order valence-corrected chi connectivity index (χ0v) is 15.3. The molecule has 0 bridgehead atoms. The SMILES string of the molecule is Cc1[nH]c2ccccc2c1[C@@H](C1CCC1)N1CCNCC1.Cl.Cl. The van der Waals surface area contributed by atoms with Gasteiger partial charge in [0.1, 0.15) is 0 Å². The Morgan fingerprint density at radius 1 is 1.09 bits per heavy atom. The first-order valence-electron chi connectivity index (χ1n) is 8.36. The van der Waals surface area contributed by atoms with Crippen LogP contribution in [-0.4, -0.2) is 36.1 Å². The molecule has 2 N–H and O–H groups in total. The predicted octanol–water partition coefficient (Wildman–Crippen LogP) is 4.07. The van der Waals surface area contributed by atoms with E-state index in [1.54, 1.807) is 5.56 Å². The monoisotopic (exact) mass is 355 g/mol. The second kappa shape index (κ2) is 7.89. The van der Waals surface area contributed by atoms with E-state index < -0.39 is 0 Å². The Kier molecular flexibility index (Phi) is 6.38. The third-order valence-corrected chi connectivity index (χ3v) is 5.38. The van der Waals surface area contributed by atoms with Crippen LogP contribution >= 0.6 is 24.8 Å². The van der Waals surface area contributed by atoms with Crippen LogP contribution in [-0.2, 0) is 0 Å². The van der Waals surface area contributed by atoms with Gasteiger partial charge >= 0.3 is 0 Å². The molecule has 2 fully saturated rings. The van der Waals surface area contributed by atoms with Gasteiger partial charge < -0.3 is 10.3 Å². The van der Waals surface area contributed by atoms with Gasteiger partial charge in [-0.1, -0.05) is 24.6 Å². The largest absolute Gasteiger partial charge is 0.358 e. The van der Waals surface area contributed by atoms with E-state index in [0.717, 1.165) is 19.0 Å². The number of fused-ring (bicyclic) bond motifs is 1. The van der Waals surface area contributed by atoms with Gasteiger partial charge in [-0.15, -0.1) is 24.8 Å². The van der Waals surface area contributed by atoms with E-state index in [1.165, 1.54) is 48.9 Å². The maximum Gasteiger partial charge on any atom is 0.0459 e. The topological polar surface area (TPSA) is 31.1 Å². The normalized spacial score (nSPS) is 20.4. The van der Waals surface area contributed by atoms with E-state index in [2.05, 4.69) is 46.4 Å². The van der Waals surface area contributed by atoms with Crippen molar-refractivity contribution in [1.82, 2.24) is 15.2 Å². The molecule has 2 aromatic rings. The van der Waals surface area contributed by atoms with E-state index in [4.69, 9.17) is 0 Å². The highest BCUT2D eigenvalue weighted by Gasteiger charge is 2.35. The molecule has 4 rings (SSSR count). The summed E-state index contributed by atoms with van der Waals surface area (Å²) in [6, 6.07) is 9.42. The molecule has 1 saturated heterocycles. The maximum atomic E-state index is 3.61. The molecular formula is C18H27Cl2N3. The standard InChI is InChI=1S/C18H25N3.2ClH/c1-13-17(15-7-2-3-8-16(15)20-13)18(14-5-4-6-14)21-11-9-19-10-12-21;;/h2-3,7-8,14,18-20H,4-6,9-12H2,1H3;2*1H/t18-;;/m1../s1. The molecule has 5 heteroatoms. The number of aromatic nitrogens is 1. The lowest BCUT2D eigenvalue weighted by Gasteiger charge is -2.43. The smallest absolute Gasteiger partial charge is 0.0459 e. The highest BCUT2D eigenvalue weighted by molar-refractivity contribution is 5.86. The molecule has 1 atom stereocenters. The molecule has 2 aliphatic rings. The number of nitrogens with zero attached hydrogens (tertiary/aromatic N) is 1. The number of piperazine rings is 1. The molecule has 2 heterocycles. The summed E-state index contributed by atoms with van der Waals surface area (Å²) in [5.41, 5.74) is 4.23. The Hall–Kier alpha value is -0.740. The first-order chi connectivity index (χ1) is 10.3. The third kappa shape index (κ3) is 3.39. The van der Waals surface area contributed by atoms with Crippen molar-refractivity contribution in [2.24, 2.45) is 5.92 Å². The zero-order valence-electron chi connectivity index (χ0n) is 13.7. The first-order valence-corrected chi connectivity index (χ1v) is 8.36. The molecule has 3 nitrogen and oxygen atoms in total. The average Bonchev–Trinajstić information content (AvgIpc) is 2.79. The highest BCUT2D eigenvalue weighted by atomic mass is 35.5. The van der Waals surface area contributed by atoms with Crippen LogP contribution in [0.4, 0.5) is 0 Å². The number of para-hydroxylation sites is 1. The van der Waals surface area contributed by atoms with Gasteiger partial charge in [0.25, 0.3) is 0 Å². The van der Waals surface area contributed by atoms with Crippen molar-refractivity contribution in [3.63, 3.8) is 0 Å². The van der Waals surface area contributed by atoms with Crippen LogP contribution < -0.4 is 5.32 Å². The van der Waals surface area contributed by atoms with E-state index in [0.29, 0.717) is 6.04 Å². The van der Waals surface area contributed by atoms with Gasteiger partial charge in [-0.2, -0.15) is 0 Å². The van der Waals surface area contributed by atoms with Gasteiger partial charge in [-0.25, -0.2) is 0 Å². The molecular weight excluding hydrogens is 329 g/mol. The van der Waals surface area contributed by atoms with Crippen molar-refractivity contribution >= 4 is 35.7 Å². The molecule has 128 valence electrons.